The average molecular weight is 252 g/mol. The van der Waals surface area contributed by atoms with E-state index in [1.165, 1.54) is 24.2 Å². The second-order valence-corrected chi connectivity index (χ2v) is 4.99. The molecule has 2 heterocycles. The average Bonchev–Trinajstić information content (AvgIpc) is 2.80. The predicted octanol–water partition coefficient (Wildman–Crippen LogP) is 0.772. The summed E-state index contributed by atoms with van der Waals surface area (Å²) in [5, 5.41) is 11.8. The molecule has 2 rings (SSSR count). The van der Waals surface area contributed by atoms with Gasteiger partial charge in [0, 0.05) is 23.7 Å². The minimum Gasteiger partial charge on any atom is -0.479 e. The van der Waals surface area contributed by atoms with Crippen molar-refractivity contribution in [2.24, 2.45) is 0 Å². The second kappa shape index (κ2) is 4.75. The second-order valence-electron chi connectivity index (χ2n) is 3.88. The Kier molecular flexibility index (Phi) is 3.33. The van der Waals surface area contributed by atoms with Crippen molar-refractivity contribution >= 4 is 23.6 Å². The van der Waals surface area contributed by atoms with E-state index < -0.39 is 11.5 Å². The van der Waals surface area contributed by atoms with E-state index in [2.05, 4.69) is 10.3 Å². The number of pyridine rings is 1. The van der Waals surface area contributed by atoms with Crippen LogP contribution in [0, 0.1) is 0 Å². The summed E-state index contributed by atoms with van der Waals surface area (Å²) < 4.78 is 0. The van der Waals surface area contributed by atoms with Crippen LogP contribution in [0.1, 0.15) is 16.8 Å². The fraction of sp³-hybridized carbons (Fsp3) is 0.364. The maximum absolute atomic E-state index is 11.9. The van der Waals surface area contributed by atoms with Gasteiger partial charge in [0.1, 0.15) is 5.54 Å². The fourth-order valence-electron chi connectivity index (χ4n) is 1.68. The van der Waals surface area contributed by atoms with E-state index in [-0.39, 0.29) is 5.91 Å². The van der Waals surface area contributed by atoms with Gasteiger partial charge in [0.05, 0.1) is 0 Å². The first-order valence-electron chi connectivity index (χ1n) is 5.18. The number of rotatable bonds is 3. The van der Waals surface area contributed by atoms with E-state index in [4.69, 9.17) is 0 Å². The van der Waals surface area contributed by atoms with E-state index in [1.807, 2.05) is 0 Å². The number of carboxylic acid groups (broad SMARTS) is 1. The third-order valence-electron chi connectivity index (χ3n) is 2.73. The Labute approximate surface area is 103 Å². The van der Waals surface area contributed by atoms with Gasteiger partial charge in [-0.05, 0) is 24.3 Å². The maximum Gasteiger partial charge on any atom is 0.330 e. The van der Waals surface area contributed by atoms with Crippen LogP contribution in [0.25, 0.3) is 0 Å². The van der Waals surface area contributed by atoms with E-state index in [9.17, 15) is 14.7 Å². The number of carboxylic acids is 1. The summed E-state index contributed by atoms with van der Waals surface area (Å²) in [4.78, 5) is 27.0. The van der Waals surface area contributed by atoms with Crippen molar-refractivity contribution in [3.05, 3.63) is 30.1 Å². The Morgan fingerprint density at radius 2 is 2.12 bits per heavy atom. The molecule has 5 nitrogen and oxygen atoms in total. The summed E-state index contributed by atoms with van der Waals surface area (Å²) in [6.07, 6.45) is 3.47. The zero-order valence-corrected chi connectivity index (χ0v) is 9.87. The third kappa shape index (κ3) is 2.41. The molecule has 1 atom stereocenters. The van der Waals surface area contributed by atoms with Crippen molar-refractivity contribution in [2.75, 3.05) is 11.5 Å². The predicted molar refractivity (Wildman–Crippen MR) is 64.0 cm³/mol. The standard InChI is InChI=1S/C11H12N2O3S/c14-9(8-1-4-12-5-2-8)13-11(10(15)16)3-6-17-7-11/h1-2,4-5H,3,6-7H2,(H,13,14)(H,15,16). The number of thioether (sulfide) groups is 1. The van der Waals surface area contributed by atoms with Crippen LogP contribution in [0.4, 0.5) is 0 Å². The van der Waals surface area contributed by atoms with Crippen molar-refractivity contribution in [1.82, 2.24) is 10.3 Å². The van der Waals surface area contributed by atoms with E-state index in [0.29, 0.717) is 17.7 Å². The molecule has 0 aromatic carbocycles. The SMILES string of the molecule is O=C(NC1(C(=O)O)CCSC1)c1ccncc1. The van der Waals surface area contributed by atoms with Gasteiger partial charge in [0.2, 0.25) is 0 Å². The summed E-state index contributed by atoms with van der Waals surface area (Å²) in [6.45, 7) is 0. The highest BCUT2D eigenvalue weighted by atomic mass is 32.2. The van der Waals surface area contributed by atoms with Crippen LogP contribution in [0.15, 0.2) is 24.5 Å². The molecule has 90 valence electrons. The smallest absolute Gasteiger partial charge is 0.330 e. The lowest BCUT2D eigenvalue weighted by Crippen LogP contribution is -2.54. The normalized spacial score (nSPS) is 23.3. The number of carbonyl (C=O) groups is 2. The molecule has 1 aromatic rings. The van der Waals surface area contributed by atoms with Gasteiger partial charge < -0.3 is 10.4 Å². The van der Waals surface area contributed by atoms with Gasteiger partial charge in [-0.25, -0.2) is 4.79 Å². The van der Waals surface area contributed by atoms with Crippen LogP contribution in [-0.4, -0.2) is 39.0 Å². The molecule has 0 aliphatic carbocycles. The van der Waals surface area contributed by atoms with Gasteiger partial charge in [0.15, 0.2) is 0 Å². The number of hydrogen-bond acceptors (Lipinski definition) is 4. The molecular formula is C11H12N2O3S. The lowest BCUT2D eigenvalue weighted by atomic mass is 9.98. The Bertz CT molecular complexity index is 430. The molecule has 0 spiro atoms. The highest BCUT2D eigenvalue weighted by Gasteiger charge is 2.43. The molecule has 2 N–H and O–H groups in total. The monoisotopic (exact) mass is 252 g/mol. The number of hydrogen-bond donors (Lipinski definition) is 2. The van der Waals surface area contributed by atoms with E-state index in [0.717, 1.165) is 5.75 Å². The molecule has 0 saturated carbocycles. The molecule has 1 fully saturated rings. The lowest BCUT2D eigenvalue weighted by Gasteiger charge is -2.24. The molecule has 0 radical (unpaired) electrons. The quantitative estimate of drug-likeness (QED) is 0.830. The van der Waals surface area contributed by atoms with Crippen LogP contribution in [0.3, 0.4) is 0 Å². The molecule has 0 bridgehead atoms. The summed E-state index contributed by atoms with van der Waals surface area (Å²) in [7, 11) is 0. The van der Waals surface area contributed by atoms with Crippen LogP contribution < -0.4 is 5.32 Å². The molecule has 1 aliphatic heterocycles. The molecule has 6 heteroatoms. The maximum atomic E-state index is 11.9. The molecule has 1 aliphatic rings. The molecule has 1 aromatic heterocycles. The van der Waals surface area contributed by atoms with Crippen molar-refractivity contribution in [3.8, 4) is 0 Å². The zero-order valence-electron chi connectivity index (χ0n) is 9.05. The van der Waals surface area contributed by atoms with Crippen LogP contribution >= 0.6 is 11.8 Å². The summed E-state index contributed by atoms with van der Waals surface area (Å²) in [5.74, 6) is -0.163. The summed E-state index contributed by atoms with van der Waals surface area (Å²) in [6, 6.07) is 3.12. The number of amides is 1. The fourth-order valence-corrected chi connectivity index (χ4v) is 3.00. The zero-order chi connectivity index (χ0) is 12.3. The number of nitrogens with zero attached hydrogens (tertiary/aromatic N) is 1. The largest absolute Gasteiger partial charge is 0.479 e. The van der Waals surface area contributed by atoms with Crippen LogP contribution in [0.2, 0.25) is 0 Å². The van der Waals surface area contributed by atoms with Crippen molar-refractivity contribution in [3.63, 3.8) is 0 Å². The summed E-state index contributed by atoms with van der Waals surface area (Å²) >= 11 is 1.54. The van der Waals surface area contributed by atoms with Crippen LogP contribution in [0.5, 0.6) is 0 Å². The Morgan fingerprint density at radius 1 is 1.41 bits per heavy atom. The third-order valence-corrected chi connectivity index (χ3v) is 3.92. The molecule has 1 unspecified atom stereocenters. The molecule has 1 saturated heterocycles. The van der Waals surface area contributed by atoms with Gasteiger partial charge in [-0.15, -0.1) is 0 Å². The Morgan fingerprint density at radius 3 is 2.65 bits per heavy atom. The van der Waals surface area contributed by atoms with Gasteiger partial charge in [-0.3, -0.25) is 9.78 Å². The number of nitrogens with one attached hydrogen (secondary N) is 1. The first-order chi connectivity index (χ1) is 8.14. The van der Waals surface area contributed by atoms with Gasteiger partial charge >= 0.3 is 5.97 Å². The topological polar surface area (TPSA) is 79.3 Å². The highest BCUT2D eigenvalue weighted by molar-refractivity contribution is 7.99. The molecular weight excluding hydrogens is 240 g/mol. The van der Waals surface area contributed by atoms with Crippen molar-refractivity contribution in [1.29, 1.82) is 0 Å². The number of aliphatic carboxylic acids is 1. The Hall–Kier alpha value is -1.56. The van der Waals surface area contributed by atoms with E-state index >= 15 is 0 Å². The van der Waals surface area contributed by atoms with Crippen LogP contribution in [-0.2, 0) is 4.79 Å². The van der Waals surface area contributed by atoms with Crippen molar-refractivity contribution < 1.29 is 14.7 Å². The minimum absolute atomic E-state index is 0.364. The number of aromatic nitrogens is 1. The molecule has 1 amide bonds. The van der Waals surface area contributed by atoms with Gasteiger partial charge in [-0.1, -0.05) is 0 Å². The summed E-state index contributed by atoms with van der Waals surface area (Å²) in [5.41, 5.74) is -0.692. The minimum atomic E-state index is -1.12. The molecule has 17 heavy (non-hydrogen) atoms. The highest BCUT2D eigenvalue weighted by Crippen LogP contribution is 2.28. The Balaban J connectivity index is 2.15. The number of carbonyl (C=O) groups excluding carboxylic acids is 1. The first-order valence-corrected chi connectivity index (χ1v) is 6.33. The van der Waals surface area contributed by atoms with Crippen molar-refractivity contribution in [2.45, 2.75) is 12.0 Å². The van der Waals surface area contributed by atoms with Gasteiger partial charge in [0.25, 0.3) is 5.91 Å². The lowest BCUT2D eigenvalue weighted by molar-refractivity contribution is -0.143. The first kappa shape index (κ1) is 11.9. The van der Waals surface area contributed by atoms with E-state index in [1.54, 1.807) is 12.1 Å². The van der Waals surface area contributed by atoms with Gasteiger partial charge in [-0.2, -0.15) is 11.8 Å².